The van der Waals surface area contributed by atoms with Gasteiger partial charge in [-0.05, 0) is 0 Å². The number of hydrogen-bond donors (Lipinski definition) is 1. The molecule has 0 amide bonds. The Hall–Kier alpha value is -0.220. The summed E-state index contributed by atoms with van der Waals surface area (Å²) in [6, 6.07) is 0. The second-order valence-electron chi connectivity index (χ2n) is 1.07. The third-order valence-corrected chi connectivity index (χ3v) is 2.14. The summed E-state index contributed by atoms with van der Waals surface area (Å²) in [6.07, 6.45) is 0. The average Bonchev–Trinajstić information content (AvgIpc) is 1.60. The lowest BCUT2D eigenvalue weighted by atomic mass is 11.8. The fourth-order valence-corrected chi connectivity index (χ4v) is 1.20. The van der Waals surface area contributed by atoms with Gasteiger partial charge in [0.25, 0.3) is 0 Å². The summed E-state index contributed by atoms with van der Waals surface area (Å²) < 4.78 is 53.8. The lowest BCUT2D eigenvalue weighted by Gasteiger charge is -1.95. The zero-order valence-corrected chi connectivity index (χ0v) is 6.35. The van der Waals surface area contributed by atoms with Gasteiger partial charge >= 0.3 is 20.8 Å². The largest absolute Gasteiger partial charge is 0.416 e. The van der Waals surface area contributed by atoms with Crippen LogP contribution >= 0.6 is 0 Å². The van der Waals surface area contributed by atoms with Crippen LogP contribution in [-0.4, -0.2) is 28.5 Å². The monoisotopic (exact) mass is 192 g/mol. The van der Waals surface area contributed by atoms with Gasteiger partial charge in [0.2, 0.25) is 0 Å². The molecule has 1 N–H and O–H groups in total. The Labute approximate surface area is 57.8 Å². The molecule has 0 bridgehead atoms. The predicted molar refractivity (Wildman–Crippen MR) is 28.6 cm³/mol. The molecule has 0 heterocycles. The predicted octanol–water partition coefficient (Wildman–Crippen LogP) is -1.30. The molecule has 10 heavy (non-hydrogen) atoms. The van der Waals surface area contributed by atoms with E-state index in [2.05, 4.69) is 7.81 Å². The van der Waals surface area contributed by atoms with Gasteiger partial charge in [0.1, 0.15) is 0 Å². The van der Waals surface area contributed by atoms with Crippen molar-refractivity contribution in [1.82, 2.24) is 0 Å². The molecule has 0 aromatic rings. The van der Waals surface area contributed by atoms with Gasteiger partial charge < -0.3 is 0 Å². The summed E-state index contributed by atoms with van der Waals surface area (Å²) in [5.74, 6) is 0. The molecule has 0 fully saturated rings. The van der Waals surface area contributed by atoms with Gasteiger partial charge in [0.15, 0.2) is 0 Å². The van der Waals surface area contributed by atoms with Crippen LogP contribution in [0.1, 0.15) is 0 Å². The van der Waals surface area contributed by atoms with E-state index in [4.69, 9.17) is 4.55 Å². The van der Waals surface area contributed by atoms with Crippen molar-refractivity contribution >= 4 is 20.8 Å². The second kappa shape index (κ2) is 2.80. The summed E-state index contributed by atoms with van der Waals surface area (Å²) in [4.78, 5) is 0. The van der Waals surface area contributed by atoms with Crippen LogP contribution in [0.3, 0.4) is 0 Å². The molecule has 0 atom stereocenters. The van der Waals surface area contributed by atoms with Crippen molar-refractivity contribution in [2.75, 3.05) is 7.11 Å². The van der Waals surface area contributed by atoms with Crippen LogP contribution in [-0.2, 0) is 28.6 Å². The molecule has 0 aliphatic heterocycles. The van der Waals surface area contributed by atoms with Crippen molar-refractivity contribution in [3.05, 3.63) is 0 Å². The molecule has 0 aromatic carbocycles. The molecule has 62 valence electrons. The summed E-state index contributed by atoms with van der Waals surface area (Å²) in [6.45, 7) is 0. The lowest BCUT2D eigenvalue weighted by molar-refractivity contribution is 0.309. The Morgan fingerprint density at radius 3 is 1.70 bits per heavy atom. The van der Waals surface area contributed by atoms with Gasteiger partial charge in [-0.3, -0.25) is 8.74 Å². The lowest BCUT2D eigenvalue weighted by Crippen LogP contribution is -2.13. The molecule has 0 aromatic heterocycles. The van der Waals surface area contributed by atoms with E-state index < -0.39 is 20.8 Å². The normalized spacial score (nSPS) is 13.4. The summed E-state index contributed by atoms with van der Waals surface area (Å²) in [5.41, 5.74) is 0. The molecular formula is CH4O7S2. The standard InChI is InChI=1S/CH4O7S2/c1-7-10(5,6)8-9(2,3)4/h1H3,(H,2,3,4). The van der Waals surface area contributed by atoms with Gasteiger partial charge in [-0.25, -0.2) is 0 Å². The summed E-state index contributed by atoms with van der Waals surface area (Å²) >= 11 is 0. The molecule has 0 saturated carbocycles. The SMILES string of the molecule is COS(=O)(=O)OS(=O)(=O)O. The molecule has 0 spiro atoms. The highest BCUT2D eigenvalue weighted by Gasteiger charge is 2.18. The number of rotatable bonds is 3. The van der Waals surface area contributed by atoms with Gasteiger partial charge in [0, 0.05) is 0 Å². The van der Waals surface area contributed by atoms with Crippen LogP contribution in [0.4, 0.5) is 0 Å². The van der Waals surface area contributed by atoms with Crippen LogP contribution in [0.25, 0.3) is 0 Å². The van der Waals surface area contributed by atoms with E-state index in [1.165, 1.54) is 0 Å². The third kappa shape index (κ3) is 4.64. The molecule has 9 heteroatoms. The topological polar surface area (TPSA) is 107 Å². The van der Waals surface area contributed by atoms with Crippen LogP contribution in [0, 0.1) is 0 Å². The van der Waals surface area contributed by atoms with Gasteiger partial charge in [-0.1, -0.05) is 0 Å². The minimum atomic E-state index is -5.01. The zero-order valence-electron chi connectivity index (χ0n) is 4.71. The maximum Gasteiger partial charge on any atom is 0.416 e. The van der Waals surface area contributed by atoms with E-state index in [-0.39, 0.29) is 0 Å². The highest BCUT2D eigenvalue weighted by Crippen LogP contribution is 1.97. The Bertz CT molecular complexity index is 280. The fourth-order valence-electron chi connectivity index (χ4n) is 0.133. The van der Waals surface area contributed by atoms with E-state index in [0.717, 1.165) is 0 Å². The van der Waals surface area contributed by atoms with Crippen LogP contribution < -0.4 is 0 Å². The van der Waals surface area contributed by atoms with Crippen molar-refractivity contribution in [3.8, 4) is 0 Å². The Morgan fingerprint density at radius 2 is 1.60 bits per heavy atom. The van der Waals surface area contributed by atoms with Gasteiger partial charge in [0.05, 0.1) is 7.11 Å². The molecule has 0 aliphatic rings. The average molecular weight is 192 g/mol. The van der Waals surface area contributed by atoms with E-state index in [9.17, 15) is 16.8 Å². The first-order valence-corrected chi connectivity index (χ1v) is 4.46. The number of hydrogen-bond acceptors (Lipinski definition) is 6. The molecule has 0 radical (unpaired) electrons. The highest BCUT2D eigenvalue weighted by atomic mass is 32.3. The minimum Gasteiger partial charge on any atom is -0.263 e. The van der Waals surface area contributed by atoms with Crippen LogP contribution in [0.15, 0.2) is 0 Å². The van der Waals surface area contributed by atoms with Crippen LogP contribution in [0.2, 0.25) is 0 Å². The van der Waals surface area contributed by atoms with Crippen molar-refractivity contribution in [3.63, 3.8) is 0 Å². The summed E-state index contributed by atoms with van der Waals surface area (Å²) in [7, 11) is -8.94. The molecule has 7 nitrogen and oxygen atoms in total. The van der Waals surface area contributed by atoms with E-state index in [1.807, 2.05) is 0 Å². The molecule has 0 rings (SSSR count). The van der Waals surface area contributed by atoms with E-state index in [0.29, 0.717) is 7.11 Å². The third-order valence-electron chi connectivity index (χ3n) is 0.373. The minimum absolute atomic E-state index is 0.681. The molecule has 0 aliphatic carbocycles. The maximum atomic E-state index is 10.0. The smallest absolute Gasteiger partial charge is 0.263 e. The first-order valence-electron chi connectivity index (χ1n) is 1.76. The van der Waals surface area contributed by atoms with Crippen molar-refractivity contribution < 1.29 is 29.2 Å². The highest BCUT2D eigenvalue weighted by molar-refractivity contribution is 7.94. The fraction of sp³-hybridized carbons (Fsp3) is 1.00. The quantitative estimate of drug-likeness (QED) is 0.553. The van der Waals surface area contributed by atoms with E-state index in [1.54, 1.807) is 0 Å². The molecule has 0 saturated heterocycles. The van der Waals surface area contributed by atoms with Gasteiger partial charge in [-0.15, -0.1) is 3.63 Å². The molecular weight excluding hydrogens is 188 g/mol. The van der Waals surface area contributed by atoms with E-state index >= 15 is 0 Å². The first kappa shape index (κ1) is 9.78. The Morgan fingerprint density at radius 1 is 1.20 bits per heavy atom. The van der Waals surface area contributed by atoms with Crippen molar-refractivity contribution in [2.24, 2.45) is 0 Å². The first-order chi connectivity index (χ1) is 4.27. The Kier molecular flexibility index (Phi) is 2.74. The summed E-state index contributed by atoms with van der Waals surface area (Å²) in [5, 5.41) is 0. The second-order valence-corrected chi connectivity index (χ2v) is 3.62. The van der Waals surface area contributed by atoms with Gasteiger partial charge in [-0.2, -0.15) is 16.8 Å². The Balaban J connectivity index is 4.49. The zero-order chi connectivity index (χ0) is 8.41. The maximum absolute atomic E-state index is 10.0. The van der Waals surface area contributed by atoms with Crippen LogP contribution in [0.5, 0.6) is 0 Å². The van der Waals surface area contributed by atoms with Crippen molar-refractivity contribution in [2.45, 2.75) is 0 Å². The molecule has 0 unspecified atom stereocenters. The van der Waals surface area contributed by atoms with Crippen molar-refractivity contribution in [1.29, 1.82) is 0 Å².